The number of hydrogen-bond acceptors (Lipinski definition) is 2. The van der Waals surface area contributed by atoms with E-state index in [-0.39, 0.29) is 17.0 Å². The zero-order chi connectivity index (χ0) is 14.0. The molecule has 0 saturated carbocycles. The molecule has 19 heavy (non-hydrogen) atoms. The molecule has 0 fully saturated rings. The van der Waals surface area contributed by atoms with Crippen LogP contribution in [0.2, 0.25) is 5.02 Å². The number of fused-ring (bicyclic) bond motifs is 1. The molecule has 0 radical (unpaired) electrons. The summed E-state index contributed by atoms with van der Waals surface area (Å²) in [7, 11) is 0. The average molecular weight is 285 g/mol. The lowest BCUT2D eigenvalue weighted by atomic mass is 10.1. The molecule has 0 N–H and O–H groups in total. The van der Waals surface area contributed by atoms with Crippen LogP contribution in [0.4, 0.5) is 13.2 Å². The van der Waals surface area contributed by atoms with Gasteiger partial charge in [-0.25, -0.2) is 0 Å². The SMILES string of the molecule is N#CCCc1ccc2cc(Cl)cc(C(F)(F)F)c2n1. The van der Waals surface area contributed by atoms with Crippen molar-refractivity contribution in [3.05, 3.63) is 40.5 Å². The second kappa shape index (κ2) is 5.06. The molecule has 0 aliphatic heterocycles. The van der Waals surface area contributed by atoms with Crippen LogP contribution >= 0.6 is 11.6 Å². The number of pyridine rings is 1. The lowest BCUT2D eigenvalue weighted by Gasteiger charge is -2.11. The minimum Gasteiger partial charge on any atom is -0.252 e. The van der Waals surface area contributed by atoms with Gasteiger partial charge in [-0.05, 0) is 18.2 Å². The maximum atomic E-state index is 12.9. The molecule has 6 heteroatoms. The molecule has 0 atom stereocenters. The van der Waals surface area contributed by atoms with E-state index < -0.39 is 11.7 Å². The van der Waals surface area contributed by atoms with Crippen LogP contribution in [0.3, 0.4) is 0 Å². The molecule has 1 aromatic carbocycles. The van der Waals surface area contributed by atoms with Gasteiger partial charge >= 0.3 is 6.18 Å². The lowest BCUT2D eigenvalue weighted by molar-refractivity contribution is -0.136. The predicted octanol–water partition coefficient (Wildman–Crippen LogP) is 4.36. The molecule has 98 valence electrons. The first-order valence-electron chi connectivity index (χ1n) is 5.45. The first-order chi connectivity index (χ1) is 8.91. The molecule has 0 spiro atoms. The van der Waals surface area contributed by atoms with Gasteiger partial charge in [0.2, 0.25) is 0 Å². The summed E-state index contributed by atoms with van der Waals surface area (Å²) in [6, 6.07) is 7.38. The molecule has 1 aromatic heterocycles. The van der Waals surface area contributed by atoms with Crippen LogP contribution in [0.5, 0.6) is 0 Å². The maximum Gasteiger partial charge on any atom is 0.418 e. The van der Waals surface area contributed by atoms with Gasteiger partial charge in [0.1, 0.15) is 0 Å². The van der Waals surface area contributed by atoms with Gasteiger partial charge in [-0.1, -0.05) is 17.7 Å². The highest BCUT2D eigenvalue weighted by atomic mass is 35.5. The molecule has 0 aliphatic carbocycles. The molecule has 2 rings (SSSR count). The molecule has 0 aliphatic rings. The summed E-state index contributed by atoms with van der Waals surface area (Å²) >= 11 is 5.68. The Kier molecular flexibility index (Phi) is 3.63. The molecule has 0 amide bonds. The summed E-state index contributed by atoms with van der Waals surface area (Å²) in [4.78, 5) is 3.99. The number of halogens is 4. The van der Waals surface area contributed by atoms with Gasteiger partial charge in [0.25, 0.3) is 0 Å². The smallest absolute Gasteiger partial charge is 0.252 e. The number of benzene rings is 1. The van der Waals surface area contributed by atoms with Gasteiger partial charge in [0.05, 0.1) is 17.1 Å². The number of aromatic nitrogens is 1. The Balaban J connectivity index is 2.62. The zero-order valence-corrected chi connectivity index (χ0v) is 10.4. The van der Waals surface area contributed by atoms with Gasteiger partial charge in [-0.2, -0.15) is 18.4 Å². The third-order valence-corrected chi connectivity index (χ3v) is 2.83. The second-order valence-corrected chi connectivity index (χ2v) is 4.42. The number of alkyl halides is 3. The highest BCUT2D eigenvalue weighted by molar-refractivity contribution is 6.31. The summed E-state index contributed by atoms with van der Waals surface area (Å²) in [5.74, 6) is 0. The molecule has 2 nitrogen and oxygen atoms in total. The molecule has 2 aromatic rings. The Morgan fingerprint density at radius 1 is 1.26 bits per heavy atom. The van der Waals surface area contributed by atoms with E-state index in [1.165, 1.54) is 12.1 Å². The van der Waals surface area contributed by atoms with Crippen LogP contribution in [0, 0.1) is 11.3 Å². The van der Waals surface area contributed by atoms with Crippen molar-refractivity contribution in [3.8, 4) is 6.07 Å². The standard InChI is InChI=1S/C13H8ClF3N2/c14-9-6-8-3-4-10(2-1-5-18)19-12(8)11(7-9)13(15,16)17/h3-4,6-7H,1-2H2. The van der Waals surface area contributed by atoms with E-state index in [0.717, 1.165) is 6.07 Å². The van der Waals surface area contributed by atoms with Gasteiger partial charge in [0, 0.05) is 28.9 Å². The Morgan fingerprint density at radius 2 is 2.00 bits per heavy atom. The van der Waals surface area contributed by atoms with E-state index in [0.29, 0.717) is 17.5 Å². The average Bonchev–Trinajstić information content (AvgIpc) is 2.34. The first-order valence-corrected chi connectivity index (χ1v) is 5.83. The Bertz CT molecular complexity index is 659. The van der Waals surface area contributed by atoms with E-state index >= 15 is 0 Å². The Labute approximate surface area is 112 Å². The Hall–Kier alpha value is -1.80. The third-order valence-electron chi connectivity index (χ3n) is 2.61. The van der Waals surface area contributed by atoms with Crippen molar-refractivity contribution in [1.29, 1.82) is 5.26 Å². The molecule has 0 unspecified atom stereocenters. The summed E-state index contributed by atoms with van der Waals surface area (Å²) in [6.45, 7) is 0. The third kappa shape index (κ3) is 2.96. The number of aryl methyl sites for hydroxylation is 1. The van der Waals surface area contributed by atoms with Gasteiger partial charge in [0.15, 0.2) is 0 Å². The molecule has 0 bridgehead atoms. The minimum atomic E-state index is -4.51. The van der Waals surface area contributed by atoms with Crippen molar-refractivity contribution in [2.24, 2.45) is 0 Å². The summed E-state index contributed by atoms with van der Waals surface area (Å²) in [5, 5.41) is 8.84. The highest BCUT2D eigenvalue weighted by Gasteiger charge is 2.33. The van der Waals surface area contributed by atoms with Crippen molar-refractivity contribution in [1.82, 2.24) is 4.98 Å². The van der Waals surface area contributed by atoms with E-state index in [1.807, 2.05) is 6.07 Å². The molecular formula is C13H8ClF3N2. The summed E-state index contributed by atoms with van der Waals surface area (Å²) in [5.41, 5.74) is -0.525. The quantitative estimate of drug-likeness (QED) is 0.821. The topological polar surface area (TPSA) is 36.7 Å². The van der Waals surface area contributed by atoms with Crippen LogP contribution in [-0.4, -0.2) is 4.98 Å². The van der Waals surface area contributed by atoms with Crippen LogP contribution < -0.4 is 0 Å². The van der Waals surface area contributed by atoms with E-state index in [4.69, 9.17) is 16.9 Å². The predicted molar refractivity (Wildman–Crippen MR) is 65.7 cm³/mol. The van der Waals surface area contributed by atoms with Crippen LogP contribution in [0.1, 0.15) is 17.7 Å². The number of nitriles is 1. The first kappa shape index (κ1) is 13.6. The fourth-order valence-electron chi connectivity index (χ4n) is 1.78. The monoisotopic (exact) mass is 284 g/mol. The largest absolute Gasteiger partial charge is 0.418 e. The number of nitrogens with zero attached hydrogens (tertiary/aromatic N) is 2. The van der Waals surface area contributed by atoms with E-state index in [2.05, 4.69) is 4.98 Å². The normalized spacial score (nSPS) is 11.5. The van der Waals surface area contributed by atoms with E-state index in [1.54, 1.807) is 6.07 Å². The van der Waals surface area contributed by atoms with Crippen LogP contribution in [0.25, 0.3) is 10.9 Å². The fourth-order valence-corrected chi connectivity index (χ4v) is 2.00. The molecule has 1 heterocycles. The second-order valence-electron chi connectivity index (χ2n) is 3.98. The van der Waals surface area contributed by atoms with Crippen molar-refractivity contribution in [3.63, 3.8) is 0 Å². The van der Waals surface area contributed by atoms with Crippen molar-refractivity contribution >= 4 is 22.5 Å². The van der Waals surface area contributed by atoms with Gasteiger partial charge < -0.3 is 0 Å². The summed E-state index contributed by atoms with van der Waals surface area (Å²) in [6.07, 6.45) is -3.97. The Morgan fingerprint density at radius 3 is 2.63 bits per heavy atom. The summed E-state index contributed by atoms with van der Waals surface area (Å²) < 4.78 is 38.8. The fraction of sp³-hybridized carbons (Fsp3) is 0.231. The highest BCUT2D eigenvalue weighted by Crippen LogP contribution is 2.36. The van der Waals surface area contributed by atoms with Crippen molar-refractivity contribution in [2.75, 3.05) is 0 Å². The number of hydrogen-bond donors (Lipinski definition) is 0. The van der Waals surface area contributed by atoms with Gasteiger partial charge in [-0.15, -0.1) is 0 Å². The molecule has 0 saturated heterocycles. The van der Waals surface area contributed by atoms with Crippen LogP contribution in [0.15, 0.2) is 24.3 Å². The van der Waals surface area contributed by atoms with Gasteiger partial charge in [-0.3, -0.25) is 4.98 Å². The lowest BCUT2D eigenvalue weighted by Crippen LogP contribution is -2.07. The zero-order valence-electron chi connectivity index (χ0n) is 9.63. The van der Waals surface area contributed by atoms with Crippen molar-refractivity contribution < 1.29 is 13.2 Å². The minimum absolute atomic E-state index is 0.0198. The van der Waals surface area contributed by atoms with Crippen molar-refractivity contribution in [2.45, 2.75) is 19.0 Å². The number of rotatable bonds is 2. The maximum absolute atomic E-state index is 12.9. The van der Waals surface area contributed by atoms with Crippen LogP contribution in [-0.2, 0) is 12.6 Å². The van der Waals surface area contributed by atoms with E-state index in [9.17, 15) is 13.2 Å². The molecular weight excluding hydrogens is 277 g/mol.